The van der Waals surface area contributed by atoms with Crippen LogP contribution in [0.1, 0.15) is 11.1 Å². The molecule has 1 aliphatic rings. The van der Waals surface area contributed by atoms with Crippen molar-refractivity contribution in [2.45, 2.75) is 0 Å². The Morgan fingerprint density at radius 3 is 2.74 bits per heavy atom. The minimum absolute atomic E-state index is 0.0277. The minimum Gasteiger partial charge on any atom is -0.323 e. The summed E-state index contributed by atoms with van der Waals surface area (Å²) in [4.78, 5) is 25.6. The van der Waals surface area contributed by atoms with Crippen LogP contribution >= 0.6 is 0 Å². The third-order valence-electron chi connectivity index (χ3n) is 3.52. The second-order valence-electron chi connectivity index (χ2n) is 5.02. The average Bonchev–Trinajstić information content (AvgIpc) is 2.59. The highest BCUT2D eigenvalue weighted by Gasteiger charge is 2.25. The van der Waals surface area contributed by atoms with Crippen LogP contribution in [0.4, 0.5) is 11.4 Å². The minimum atomic E-state index is -0.306. The highest BCUT2D eigenvalue weighted by Crippen LogP contribution is 2.29. The van der Waals surface area contributed by atoms with Gasteiger partial charge in [0.05, 0.1) is 23.0 Å². The van der Waals surface area contributed by atoms with Gasteiger partial charge in [-0.15, -0.1) is 0 Å². The maximum absolute atomic E-state index is 12.5. The van der Waals surface area contributed by atoms with Crippen LogP contribution in [-0.4, -0.2) is 18.4 Å². The molecule has 2 aromatic rings. The van der Waals surface area contributed by atoms with Gasteiger partial charge in [-0.3, -0.25) is 14.5 Å². The quantitative estimate of drug-likeness (QED) is 0.867. The van der Waals surface area contributed by atoms with Gasteiger partial charge in [0.1, 0.15) is 6.54 Å². The molecule has 0 saturated heterocycles. The van der Waals surface area contributed by atoms with Crippen LogP contribution in [0.2, 0.25) is 0 Å². The van der Waals surface area contributed by atoms with Gasteiger partial charge in [0.2, 0.25) is 5.91 Å². The second-order valence-corrected chi connectivity index (χ2v) is 5.02. The van der Waals surface area contributed by atoms with Crippen molar-refractivity contribution < 1.29 is 9.59 Å². The number of rotatable bonds is 2. The number of nitriles is 1. The van der Waals surface area contributed by atoms with E-state index in [2.05, 4.69) is 11.4 Å². The van der Waals surface area contributed by atoms with E-state index in [1.54, 1.807) is 48.5 Å². The van der Waals surface area contributed by atoms with E-state index in [1.807, 2.05) is 6.07 Å². The zero-order chi connectivity index (χ0) is 16.2. The predicted octanol–water partition coefficient (Wildman–Crippen LogP) is 2.56. The standard InChI is InChI=1S/C18H13N3O2/c19-11-14-6-2-1-5-13(14)9-10-18(23)21-12-17(22)20-15-7-3-4-8-16(15)21/h1-10H,12H2,(H,20,22)/b10-9+. The molecule has 5 heteroatoms. The molecule has 2 amide bonds. The number of anilines is 2. The highest BCUT2D eigenvalue weighted by atomic mass is 16.2. The molecule has 1 heterocycles. The summed E-state index contributed by atoms with van der Waals surface area (Å²) in [6.45, 7) is -0.0277. The molecule has 0 bridgehead atoms. The van der Waals surface area contributed by atoms with Crippen molar-refractivity contribution in [3.63, 3.8) is 0 Å². The first-order chi connectivity index (χ1) is 11.2. The fourth-order valence-electron chi connectivity index (χ4n) is 2.43. The van der Waals surface area contributed by atoms with Crippen LogP contribution in [0.15, 0.2) is 54.6 Å². The van der Waals surface area contributed by atoms with Crippen LogP contribution in [0.5, 0.6) is 0 Å². The van der Waals surface area contributed by atoms with Crippen LogP contribution in [-0.2, 0) is 9.59 Å². The maximum atomic E-state index is 12.5. The number of hydrogen-bond donors (Lipinski definition) is 1. The van der Waals surface area contributed by atoms with Crippen LogP contribution < -0.4 is 10.2 Å². The average molecular weight is 303 g/mol. The first kappa shape index (κ1) is 14.5. The van der Waals surface area contributed by atoms with E-state index < -0.39 is 0 Å². The molecule has 0 saturated carbocycles. The van der Waals surface area contributed by atoms with E-state index in [0.717, 1.165) is 0 Å². The van der Waals surface area contributed by atoms with Gasteiger partial charge in [0.25, 0.3) is 5.91 Å². The number of nitrogens with zero attached hydrogens (tertiary/aromatic N) is 2. The largest absolute Gasteiger partial charge is 0.323 e. The monoisotopic (exact) mass is 303 g/mol. The molecule has 0 atom stereocenters. The Labute approximate surface area is 133 Å². The molecule has 23 heavy (non-hydrogen) atoms. The van der Waals surface area contributed by atoms with E-state index in [1.165, 1.54) is 11.0 Å². The summed E-state index contributed by atoms with van der Waals surface area (Å²) in [6.07, 6.45) is 2.97. The molecule has 1 aliphatic heterocycles. The number of para-hydroxylation sites is 2. The number of nitrogens with one attached hydrogen (secondary N) is 1. The first-order valence-electron chi connectivity index (χ1n) is 7.06. The Morgan fingerprint density at radius 2 is 1.91 bits per heavy atom. The van der Waals surface area contributed by atoms with E-state index in [-0.39, 0.29) is 18.4 Å². The van der Waals surface area contributed by atoms with E-state index >= 15 is 0 Å². The maximum Gasteiger partial charge on any atom is 0.251 e. The zero-order valence-corrected chi connectivity index (χ0v) is 12.2. The Morgan fingerprint density at radius 1 is 1.17 bits per heavy atom. The van der Waals surface area contributed by atoms with E-state index in [0.29, 0.717) is 22.5 Å². The molecule has 0 radical (unpaired) electrons. The van der Waals surface area contributed by atoms with Gasteiger partial charge >= 0.3 is 0 Å². The predicted molar refractivity (Wildman–Crippen MR) is 87.6 cm³/mol. The second kappa shape index (κ2) is 6.16. The van der Waals surface area contributed by atoms with Gasteiger partial charge in [-0.1, -0.05) is 30.3 Å². The molecule has 3 rings (SSSR count). The Bertz CT molecular complexity index is 849. The third-order valence-corrected chi connectivity index (χ3v) is 3.52. The zero-order valence-electron chi connectivity index (χ0n) is 12.2. The highest BCUT2D eigenvalue weighted by molar-refractivity contribution is 6.13. The van der Waals surface area contributed by atoms with Crippen LogP contribution in [0.25, 0.3) is 6.08 Å². The Hall–Kier alpha value is -3.39. The molecule has 0 aliphatic carbocycles. The van der Waals surface area contributed by atoms with Crippen molar-refractivity contribution in [1.29, 1.82) is 5.26 Å². The smallest absolute Gasteiger partial charge is 0.251 e. The Balaban J connectivity index is 1.88. The molecule has 112 valence electrons. The van der Waals surface area contributed by atoms with Crippen molar-refractivity contribution >= 4 is 29.3 Å². The van der Waals surface area contributed by atoms with Crippen molar-refractivity contribution in [2.24, 2.45) is 0 Å². The lowest BCUT2D eigenvalue weighted by molar-refractivity contribution is -0.119. The fourth-order valence-corrected chi connectivity index (χ4v) is 2.43. The summed E-state index contributed by atoms with van der Waals surface area (Å²) in [5.41, 5.74) is 2.43. The lowest BCUT2D eigenvalue weighted by Crippen LogP contribution is -2.41. The lowest BCUT2D eigenvalue weighted by Gasteiger charge is -2.28. The summed E-state index contributed by atoms with van der Waals surface area (Å²) in [6, 6.07) is 16.2. The first-order valence-corrected chi connectivity index (χ1v) is 7.06. The van der Waals surface area contributed by atoms with Crippen LogP contribution in [0.3, 0.4) is 0 Å². The molecular formula is C18H13N3O2. The molecule has 0 aromatic heterocycles. The van der Waals surface area contributed by atoms with Crippen molar-refractivity contribution in [3.8, 4) is 6.07 Å². The third kappa shape index (κ3) is 2.97. The Kier molecular flexibility index (Phi) is 3.89. The molecule has 0 fully saturated rings. The summed E-state index contributed by atoms with van der Waals surface area (Å²) in [5, 5.41) is 11.8. The van der Waals surface area contributed by atoms with Crippen molar-refractivity contribution in [2.75, 3.05) is 16.8 Å². The number of fused-ring (bicyclic) bond motifs is 1. The number of benzene rings is 2. The van der Waals surface area contributed by atoms with E-state index in [9.17, 15) is 9.59 Å². The van der Waals surface area contributed by atoms with Gasteiger partial charge in [-0.25, -0.2) is 0 Å². The molecular weight excluding hydrogens is 290 g/mol. The topological polar surface area (TPSA) is 73.2 Å². The van der Waals surface area contributed by atoms with Gasteiger partial charge in [0, 0.05) is 6.08 Å². The molecule has 2 aromatic carbocycles. The van der Waals surface area contributed by atoms with Gasteiger partial charge in [0.15, 0.2) is 0 Å². The lowest BCUT2D eigenvalue weighted by atomic mass is 10.1. The number of hydrogen-bond acceptors (Lipinski definition) is 3. The SMILES string of the molecule is N#Cc1ccccc1/C=C/C(=O)N1CC(=O)Nc2ccccc21. The summed E-state index contributed by atoms with van der Waals surface area (Å²) >= 11 is 0. The summed E-state index contributed by atoms with van der Waals surface area (Å²) < 4.78 is 0. The van der Waals surface area contributed by atoms with Gasteiger partial charge in [-0.2, -0.15) is 5.26 Å². The molecule has 1 N–H and O–H groups in total. The van der Waals surface area contributed by atoms with Crippen molar-refractivity contribution in [1.82, 2.24) is 0 Å². The van der Waals surface area contributed by atoms with Gasteiger partial charge < -0.3 is 5.32 Å². The fraction of sp³-hybridized carbons (Fsp3) is 0.0556. The molecule has 5 nitrogen and oxygen atoms in total. The number of carbonyl (C=O) groups excluding carboxylic acids is 2. The normalized spacial score (nSPS) is 13.3. The number of carbonyl (C=O) groups is 2. The van der Waals surface area contributed by atoms with E-state index in [4.69, 9.17) is 5.26 Å². The molecule has 0 spiro atoms. The summed E-state index contributed by atoms with van der Waals surface area (Å²) in [7, 11) is 0. The van der Waals surface area contributed by atoms with Gasteiger partial charge in [-0.05, 0) is 29.8 Å². The summed E-state index contributed by atoms with van der Waals surface area (Å²) in [5.74, 6) is -0.539. The van der Waals surface area contributed by atoms with Crippen molar-refractivity contribution in [3.05, 3.63) is 65.7 Å². The molecule has 0 unspecified atom stereocenters. The number of amides is 2. The van der Waals surface area contributed by atoms with Crippen LogP contribution in [0, 0.1) is 11.3 Å².